The zero-order valence-electron chi connectivity index (χ0n) is 10.8. The Kier molecular flexibility index (Phi) is 7.39. The largest absolute Gasteiger partial charge is 0.355 e. The van der Waals surface area contributed by atoms with Crippen LogP contribution in [-0.2, 0) is 4.79 Å². The van der Waals surface area contributed by atoms with Crippen LogP contribution in [0, 0.1) is 11.8 Å². The van der Waals surface area contributed by atoms with Crippen LogP contribution in [0.1, 0.15) is 41.0 Å². The highest BCUT2D eigenvalue weighted by Crippen LogP contribution is 2.07. The lowest BCUT2D eigenvalue weighted by Gasteiger charge is -2.19. The van der Waals surface area contributed by atoms with Gasteiger partial charge in [-0.15, -0.1) is 0 Å². The molecule has 0 aliphatic carbocycles. The van der Waals surface area contributed by atoms with Gasteiger partial charge in [0.25, 0.3) is 0 Å². The van der Waals surface area contributed by atoms with E-state index < -0.39 is 0 Å². The molecule has 0 aromatic carbocycles. The maximum absolute atomic E-state index is 11.5. The maximum Gasteiger partial charge on any atom is 0.236 e. The first-order valence-corrected chi connectivity index (χ1v) is 6.00. The number of carbonyl (C=O) groups excluding carboxylic acids is 1. The van der Waals surface area contributed by atoms with Crippen LogP contribution in [0.25, 0.3) is 0 Å². The molecule has 15 heavy (non-hydrogen) atoms. The Hall–Kier alpha value is -0.570. The third kappa shape index (κ3) is 6.50. The molecule has 0 aliphatic heterocycles. The fraction of sp³-hybridized carbons (Fsp3) is 0.917. The van der Waals surface area contributed by atoms with Gasteiger partial charge in [0.2, 0.25) is 5.91 Å². The quantitative estimate of drug-likeness (QED) is 0.678. The van der Waals surface area contributed by atoms with E-state index in [4.69, 9.17) is 0 Å². The van der Waals surface area contributed by atoms with E-state index in [-0.39, 0.29) is 11.9 Å². The van der Waals surface area contributed by atoms with E-state index >= 15 is 0 Å². The van der Waals surface area contributed by atoms with Gasteiger partial charge < -0.3 is 10.6 Å². The smallest absolute Gasteiger partial charge is 0.236 e. The third-order valence-electron chi connectivity index (χ3n) is 2.83. The van der Waals surface area contributed by atoms with Crippen LogP contribution in [0.2, 0.25) is 0 Å². The van der Waals surface area contributed by atoms with Gasteiger partial charge in [0.05, 0.1) is 6.04 Å². The number of amides is 1. The van der Waals surface area contributed by atoms with E-state index in [1.807, 2.05) is 6.92 Å². The second-order valence-corrected chi connectivity index (χ2v) is 4.64. The molecule has 0 saturated heterocycles. The summed E-state index contributed by atoms with van der Waals surface area (Å²) in [4.78, 5) is 11.5. The van der Waals surface area contributed by atoms with Crippen LogP contribution in [0.4, 0.5) is 0 Å². The van der Waals surface area contributed by atoms with E-state index in [2.05, 4.69) is 38.3 Å². The third-order valence-corrected chi connectivity index (χ3v) is 2.83. The summed E-state index contributed by atoms with van der Waals surface area (Å²) in [7, 11) is 0. The van der Waals surface area contributed by atoms with E-state index in [1.165, 1.54) is 0 Å². The lowest BCUT2D eigenvalue weighted by Crippen LogP contribution is -2.44. The minimum atomic E-state index is -0.0854. The van der Waals surface area contributed by atoms with Crippen molar-refractivity contribution >= 4 is 5.91 Å². The average Bonchev–Trinajstić information content (AvgIpc) is 2.21. The average molecular weight is 214 g/mol. The van der Waals surface area contributed by atoms with E-state index in [1.54, 1.807) is 0 Å². The molecule has 0 radical (unpaired) electrons. The van der Waals surface area contributed by atoms with Crippen molar-refractivity contribution in [3.63, 3.8) is 0 Å². The van der Waals surface area contributed by atoms with Crippen LogP contribution >= 0.6 is 0 Å². The monoisotopic (exact) mass is 214 g/mol. The first-order valence-electron chi connectivity index (χ1n) is 6.00. The van der Waals surface area contributed by atoms with Crippen molar-refractivity contribution in [1.29, 1.82) is 0 Å². The highest BCUT2D eigenvalue weighted by Gasteiger charge is 2.13. The molecule has 2 unspecified atom stereocenters. The Morgan fingerprint density at radius 1 is 1.20 bits per heavy atom. The summed E-state index contributed by atoms with van der Waals surface area (Å²) in [6, 6.07) is -0.0854. The SMILES string of the molecule is CCCNC(=O)C(C)NCC(C)C(C)C. The normalized spacial score (nSPS) is 15.1. The van der Waals surface area contributed by atoms with Gasteiger partial charge in [-0.3, -0.25) is 4.79 Å². The van der Waals surface area contributed by atoms with Gasteiger partial charge in [0.1, 0.15) is 0 Å². The second kappa shape index (κ2) is 7.69. The lowest BCUT2D eigenvalue weighted by atomic mass is 9.98. The standard InChI is InChI=1S/C12H26N2O/c1-6-7-13-12(15)11(5)14-8-10(4)9(2)3/h9-11,14H,6-8H2,1-5H3,(H,13,15). The topological polar surface area (TPSA) is 41.1 Å². The molecule has 0 aromatic heterocycles. The number of hydrogen-bond donors (Lipinski definition) is 2. The fourth-order valence-electron chi connectivity index (χ4n) is 1.09. The highest BCUT2D eigenvalue weighted by atomic mass is 16.2. The fourth-order valence-corrected chi connectivity index (χ4v) is 1.09. The van der Waals surface area contributed by atoms with Crippen LogP contribution in [0.5, 0.6) is 0 Å². The molecule has 0 aromatic rings. The Morgan fingerprint density at radius 3 is 2.27 bits per heavy atom. The molecule has 1 amide bonds. The van der Waals surface area contributed by atoms with Crippen molar-refractivity contribution < 1.29 is 4.79 Å². The van der Waals surface area contributed by atoms with Crippen LogP contribution in [0.15, 0.2) is 0 Å². The molecule has 0 heterocycles. The summed E-state index contributed by atoms with van der Waals surface area (Å²) in [5, 5.41) is 6.14. The molecule has 0 bridgehead atoms. The van der Waals surface area contributed by atoms with E-state index in [0.717, 1.165) is 19.5 Å². The van der Waals surface area contributed by atoms with Gasteiger partial charge in [-0.25, -0.2) is 0 Å². The minimum absolute atomic E-state index is 0.0854. The van der Waals surface area contributed by atoms with Crippen LogP contribution in [0.3, 0.4) is 0 Å². The maximum atomic E-state index is 11.5. The Balaban J connectivity index is 3.72. The number of carbonyl (C=O) groups is 1. The molecule has 3 nitrogen and oxygen atoms in total. The first-order chi connectivity index (χ1) is 6.99. The Morgan fingerprint density at radius 2 is 1.80 bits per heavy atom. The van der Waals surface area contributed by atoms with E-state index in [9.17, 15) is 4.79 Å². The Bertz CT molecular complexity index is 180. The predicted molar refractivity (Wildman–Crippen MR) is 64.8 cm³/mol. The van der Waals surface area contributed by atoms with Crippen molar-refractivity contribution in [1.82, 2.24) is 10.6 Å². The van der Waals surface area contributed by atoms with Crippen molar-refractivity contribution in [2.45, 2.75) is 47.1 Å². The molecular weight excluding hydrogens is 188 g/mol. The molecule has 0 aliphatic rings. The molecule has 0 fully saturated rings. The zero-order valence-corrected chi connectivity index (χ0v) is 10.8. The lowest BCUT2D eigenvalue weighted by molar-refractivity contribution is -0.122. The number of nitrogens with one attached hydrogen (secondary N) is 2. The summed E-state index contributed by atoms with van der Waals surface area (Å²) < 4.78 is 0. The molecule has 2 N–H and O–H groups in total. The van der Waals surface area contributed by atoms with E-state index in [0.29, 0.717) is 11.8 Å². The van der Waals surface area contributed by atoms with Crippen molar-refractivity contribution in [2.75, 3.05) is 13.1 Å². The number of hydrogen-bond acceptors (Lipinski definition) is 2. The summed E-state index contributed by atoms with van der Waals surface area (Å²) in [5.74, 6) is 1.36. The van der Waals surface area contributed by atoms with Gasteiger partial charge in [-0.2, -0.15) is 0 Å². The highest BCUT2D eigenvalue weighted by molar-refractivity contribution is 5.81. The number of rotatable bonds is 7. The predicted octanol–water partition coefficient (Wildman–Crippen LogP) is 1.78. The van der Waals surface area contributed by atoms with Gasteiger partial charge in [0.15, 0.2) is 0 Å². The summed E-state index contributed by atoms with van der Waals surface area (Å²) in [5.41, 5.74) is 0. The minimum Gasteiger partial charge on any atom is -0.355 e. The van der Waals surface area contributed by atoms with Gasteiger partial charge in [0, 0.05) is 6.54 Å². The van der Waals surface area contributed by atoms with Crippen molar-refractivity contribution in [2.24, 2.45) is 11.8 Å². The van der Waals surface area contributed by atoms with Crippen LogP contribution in [-0.4, -0.2) is 25.0 Å². The van der Waals surface area contributed by atoms with Crippen LogP contribution < -0.4 is 10.6 Å². The molecular formula is C12H26N2O. The first kappa shape index (κ1) is 14.4. The molecule has 90 valence electrons. The van der Waals surface area contributed by atoms with Gasteiger partial charge in [-0.05, 0) is 31.7 Å². The van der Waals surface area contributed by atoms with Gasteiger partial charge in [-0.1, -0.05) is 27.7 Å². The molecule has 0 spiro atoms. The summed E-state index contributed by atoms with van der Waals surface area (Å²) in [6.45, 7) is 12.2. The molecule has 2 atom stereocenters. The summed E-state index contributed by atoms with van der Waals surface area (Å²) >= 11 is 0. The van der Waals surface area contributed by atoms with Crippen molar-refractivity contribution in [3.8, 4) is 0 Å². The Labute approximate surface area is 94.0 Å². The molecule has 3 heteroatoms. The molecule has 0 saturated carbocycles. The second-order valence-electron chi connectivity index (χ2n) is 4.64. The van der Waals surface area contributed by atoms with Crippen molar-refractivity contribution in [3.05, 3.63) is 0 Å². The molecule has 0 rings (SSSR count). The van der Waals surface area contributed by atoms with Gasteiger partial charge >= 0.3 is 0 Å². The summed E-state index contributed by atoms with van der Waals surface area (Å²) in [6.07, 6.45) is 0.987. The zero-order chi connectivity index (χ0) is 11.8.